The summed E-state index contributed by atoms with van der Waals surface area (Å²) in [4.78, 5) is 0.977. The SMILES string of the molecule is Oc1ccc2ccccc2c1CCC(O)c1cccs1. The van der Waals surface area contributed by atoms with Crippen LogP contribution in [0.2, 0.25) is 0 Å². The second-order valence-corrected chi connectivity index (χ2v) is 5.83. The van der Waals surface area contributed by atoms with E-state index in [-0.39, 0.29) is 0 Å². The van der Waals surface area contributed by atoms with Crippen molar-refractivity contribution in [3.63, 3.8) is 0 Å². The Balaban J connectivity index is 1.85. The Hall–Kier alpha value is -1.84. The maximum Gasteiger partial charge on any atom is 0.119 e. The number of phenols is 1. The lowest BCUT2D eigenvalue weighted by molar-refractivity contribution is 0.171. The first-order chi connectivity index (χ1) is 9.75. The van der Waals surface area contributed by atoms with Crippen molar-refractivity contribution in [1.29, 1.82) is 0 Å². The van der Waals surface area contributed by atoms with Gasteiger partial charge in [-0.3, -0.25) is 0 Å². The van der Waals surface area contributed by atoms with Gasteiger partial charge in [-0.05, 0) is 41.1 Å². The average Bonchev–Trinajstić information content (AvgIpc) is 3.00. The number of aryl methyl sites for hydroxylation is 1. The number of fused-ring (bicyclic) bond motifs is 1. The number of aliphatic hydroxyl groups excluding tert-OH is 1. The highest BCUT2D eigenvalue weighted by atomic mass is 32.1. The molecule has 1 atom stereocenters. The van der Waals surface area contributed by atoms with Crippen molar-refractivity contribution in [2.75, 3.05) is 0 Å². The summed E-state index contributed by atoms with van der Waals surface area (Å²) in [6.45, 7) is 0. The molecule has 0 saturated carbocycles. The lowest BCUT2D eigenvalue weighted by atomic mass is 9.98. The van der Waals surface area contributed by atoms with Gasteiger partial charge in [-0.1, -0.05) is 36.4 Å². The summed E-state index contributed by atoms with van der Waals surface area (Å²) in [5, 5.41) is 24.4. The summed E-state index contributed by atoms with van der Waals surface area (Å²) in [5.41, 5.74) is 0.915. The fraction of sp³-hybridized carbons (Fsp3) is 0.176. The number of aromatic hydroxyl groups is 1. The maximum absolute atomic E-state index is 10.2. The molecule has 3 rings (SSSR count). The maximum atomic E-state index is 10.2. The molecule has 0 fully saturated rings. The van der Waals surface area contributed by atoms with Gasteiger partial charge in [0.1, 0.15) is 5.75 Å². The summed E-state index contributed by atoms with van der Waals surface area (Å²) < 4.78 is 0. The van der Waals surface area contributed by atoms with E-state index in [1.165, 1.54) is 0 Å². The number of thiophene rings is 1. The third-order valence-corrected chi connectivity index (χ3v) is 4.53. The quantitative estimate of drug-likeness (QED) is 0.751. The zero-order valence-electron chi connectivity index (χ0n) is 11.0. The highest BCUT2D eigenvalue weighted by molar-refractivity contribution is 7.10. The largest absolute Gasteiger partial charge is 0.508 e. The molecule has 2 nitrogen and oxygen atoms in total. The molecule has 0 spiro atoms. The van der Waals surface area contributed by atoms with E-state index in [9.17, 15) is 10.2 Å². The van der Waals surface area contributed by atoms with Gasteiger partial charge < -0.3 is 10.2 Å². The van der Waals surface area contributed by atoms with Crippen LogP contribution >= 0.6 is 11.3 Å². The number of hydrogen-bond donors (Lipinski definition) is 2. The Kier molecular flexibility index (Phi) is 3.72. The lowest BCUT2D eigenvalue weighted by Gasteiger charge is -2.12. The summed E-state index contributed by atoms with van der Waals surface area (Å²) in [5.74, 6) is 0.307. The van der Waals surface area contributed by atoms with E-state index < -0.39 is 6.10 Å². The van der Waals surface area contributed by atoms with Crippen LogP contribution in [0.5, 0.6) is 5.75 Å². The van der Waals surface area contributed by atoms with E-state index in [2.05, 4.69) is 0 Å². The third-order valence-electron chi connectivity index (χ3n) is 3.56. The van der Waals surface area contributed by atoms with Crippen LogP contribution in [-0.4, -0.2) is 10.2 Å². The zero-order chi connectivity index (χ0) is 13.9. The Bertz CT molecular complexity index is 704. The van der Waals surface area contributed by atoms with Gasteiger partial charge in [0, 0.05) is 10.4 Å². The van der Waals surface area contributed by atoms with Gasteiger partial charge in [0.2, 0.25) is 0 Å². The van der Waals surface area contributed by atoms with Gasteiger partial charge in [0.25, 0.3) is 0 Å². The van der Waals surface area contributed by atoms with Gasteiger partial charge in [0.15, 0.2) is 0 Å². The smallest absolute Gasteiger partial charge is 0.119 e. The molecule has 3 aromatic rings. The average molecular weight is 284 g/mol. The van der Waals surface area contributed by atoms with Crippen LogP contribution in [0.4, 0.5) is 0 Å². The first-order valence-corrected chi connectivity index (χ1v) is 7.55. The van der Waals surface area contributed by atoms with Gasteiger partial charge in [-0.2, -0.15) is 0 Å². The number of benzene rings is 2. The Morgan fingerprint density at radius 2 is 1.85 bits per heavy atom. The van der Waals surface area contributed by atoms with E-state index >= 15 is 0 Å². The van der Waals surface area contributed by atoms with Crippen LogP contribution < -0.4 is 0 Å². The molecule has 1 aromatic heterocycles. The van der Waals surface area contributed by atoms with E-state index in [1.807, 2.05) is 47.8 Å². The number of aliphatic hydroxyl groups is 1. The molecule has 0 radical (unpaired) electrons. The fourth-order valence-electron chi connectivity index (χ4n) is 2.49. The molecule has 2 N–H and O–H groups in total. The van der Waals surface area contributed by atoms with Crippen LogP contribution in [-0.2, 0) is 6.42 Å². The highest BCUT2D eigenvalue weighted by Crippen LogP contribution is 2.31. The third kappa shape index (κ3) is 2.55. The zero-order valence-corrected chi connectivity index (χ0v) is 11.8. The summed E-state index contributed by atoms with van der Waals surface area (Å²) in [6, 6.07) is 15.6. The van der Waals surface area contributed by atoms with Crippen molar-refractivity contribution in [3.05, 3.63) is 64.4 Å². The van der Waals surface area contributed by atoms with E-state index in [1.54, 1.807) is 17.4 Å². The van der Waals surface area contributed by atoms with Gasteiger partial charge >= 0.3 is 0 Å². The summed E-state index contributed by atoms with van der Waals surface area (Å²) in [6.07, 6.45) is 0.808. The predicted octanol–water partition coefficient (Wildman–Crippen LogP) is 4.27. The normalized spacial score (nSPS) is 12.7. The summed E-state index contributed by atoms with van der Waals surface area (Å²) >= 11 is 1.56. The number of rotatable bonds is 4. The molecule has 3 heteroatoms. The van der Waals surface area contributed by atoms with Crippen molar-refractivity contribution in [2.24, 2.45) is 0 Å². The topological polar surface area (TPSA) is 40.5 Å². The molecule has 0 aliphatic rings. The Morgan fingerprint density at radius 3 is 2.65 bits per heavy atom. The first kappa shape index (κ1) is 13.2. The van der Waals surface area contributed by atoms with Crippen molar-refractivity contribution < 1.29 is 10.2 Å². The minimum Gasteiger partial charge on any atom is -0.508 e. The van der Waals surface area contributed by atoms with Gasteiger partial charge in [-0.25, -0.2) is 0 Å². The van der Waals surface area contributed by atoms with Crippen LogP contribution in [0.15, 0.2) is 53.9 Å². The van der Waals surface area contributed by atoms with Crippen LogP contribution in [0.3, 0.4) is 0 Å². The predicted molar refractivity (Wildman–Crippen MR) is 83.2 cm³/mol. The minimum atomic E-state index is -0.464. The van der Waals surface area contributed by atoms with Crippen molar-refractivity contribution >= 4 is 22.1 Å². The fourth-order valence-corrected chi connectivity index (χ4v) is 3.24. The second kappa shape index (κ2) is 5.65. The van der Waals surface area contributed by atoms with Crippen molar-refractivity contribution in [2.45, 2.75) is 18.9 Å². The molecular weight excluding hydrogens is 268 g/mol. The molecule has 2 aromatic carbocycles. The monoisotopic (exact) mass is 284 g/mol. The summed E-state index contributed by atoms with van der Waals surface area (Å²) in [7, 11) is 0. The van der Waals surface area contributed by atoms with E-state index in [0.29, 0.717) is 18.6 Å². The van der Waals surface area contributed by atoms with E-state index in [0.717, 1.165) is 21.2 Å². The molecule has 1 heterocycles. The molecule has 1 unspecified atom stereocenters. The Labute approximate surface area is 121 Å². The van der Waals surface area contributed by atoms with Crippen LogP contribution in [0.1, 0.15) is 23.0 Å². The molecule has 20 heavy (non-hydrogen) atoms. The Morgan fingerprint density at radius 1 is 1.00 bits per heavy atom. The van der Waals surface area contributed by atoms with Gasteiger partial charge in [-0.15, -0.1) is 11.3 Å². The number of hydrogen-bond acceptors (Lipinski definition) is 3. The first-order valence-electron chi connectivity index (χ1n) is 6.67. The lowest BCUT2D eigenvalue weighted by Crippen LogP contribution is -1.98. The minimum absolute atomic E-state index is 0.307. The molecule has 0 saturated heterocycles. The molecular formula is C17H16O2S. The van der Waals surface area contributed by atoms with Crippen LogP contribution in [0.25, 0.3) is 10.8 Å². The van der Waals surface area contributed by atoms with Gasteiger partial charge in [0.05, 0.1) is 6.10 Å². The van der Waals surface area contributed by atoms with Crippen molar-refractivity contribution in [1.82, 2.24) is 0 Å². The number of phenolic OH excluding ortho intramolecular Hbond substituents is 1. The standard InChI is InChI=1S/C17H16O2S/c18-15-9-7-12-4-1-2-5-13(12)14(15)8-10-16(19)17-6-3-11-20-17/h1-7,9,11,16,18-19H,8,10H2. The molecule has 102 valence electrons. The van der Waals surface area contributed by atoms with Crippen LogP contribution in [0, 0.1) is 0 Å². The molecule has 0 amide bonds. The highest BCUT2D eigenvalue weighted by Gasteiger charge is 2.12. The van der Waals surface area contributed by atoms with Crippen molar-refractivity contribution in [3.8, 4) is 5.75 Å². The van der Waals surface area contributed by atoms with E-state index in [4.69, 9.17) is 0 Å². The molecule has 0 bridgehead atoms. The second-order valence-electron chi connectivity index (χ2n) is 4.85. The molecule has 0 aliphatic heterocycles. The molecule has 0 aliphatic carbocycles.